The third-order valence-electron chi connectivity index (χ3n) is 4.42. The van der Waals surface area contributed by atoms with Gasteiger partial charge in [0.25, 0.3) is 10.0 Å². The maximum absolute atomic E-state index is 12.4. The molecule has 1 fully saturated rings. The Morgan fingerprint density at radius 2 is 1.84 bits per heavy atom. The van der Waals surface area contributed by atoms with Crippen LogP contribution in [0.25, 0.3) is 0 Å². The lowest BCUT2D eigenvalue weighted by molar-refractivity contribution is -0.0594. The van der Waals surface area contributed by atoms with Crippen molar-refractivity contribution in [3.63, 3.8) is 0 Å². The Labute approximate surface area is 114 Å². The molecule has 6 nitrogen and oxygen atoms in total. The van der Waals surface area contributed by atoms with Gasteiger partial charge in [-0.25, -0.2) is 13.1 Å². The minimum Gasteiger partial charge on any atom is -0.327 e. The standard InChI is InChI=1S/C12H22N4O2S/c1-11(2)9(13)12(3,4)10(11)15-19(17,18)8-6-7-14-16(8)5/h6-7,9-10,15H,13H2,1-5H3. The van der Waals surface area contributed by atoms with E-state index in [1.54, 1.807) is 7.05 Å². The Balaban J connectivity index is 2.30. The number of nitrogens with zero attached hydrogens (tertiary/aromatic N) is 2. The Morgan fingerprint density at radius 1 is 1.32 bits per heavy atom. The molecule has 7 heteroatoms. The summed E-state index contributed by atoms with van der Waals surface area (Å²) < 4.78 is 28.9. The van der Waals surface area contributed by atoms with Crippen LogP contribution in [0.2, 0.25) is 0 Å². The van der Waals surface area contributed by atoms with Gasteiger partial charge in [0.2, 0.25) is 0 Å². The molecule has 1 aromatic heterocycles. The average Bonchev–Trinajstić information content (AvgIpc) is 2.72. The highest BCUT2D eigenvalue weighted by Gasteiger charge is 2.61. The molecule has 0 atom stereocenters. The zero-order valence-electron chi connectivity index (χ0n) is 12.0. The summed E-state index contributed by atoms with van der Waals surface area (Å²) in [6.45, 7) is 7.94. The molecule has 0 bridgehead atoms. The molecule has 0 spiro atoms. The minimum absolute atomic E-state index is 0.0424. The van der Waals surface area contributed by atoms with Crippen LogP contribution >= 0.6 is 0 Å². The number of sulfonamides is 1. The van der Waals surface area contributed by atoms with Crippen molar-refractivity contribution in [1.82, 2.24) is 14.5 Å². The second kappa shape index (κ2) is 4.04. The van der Waals surface area contributed by atoms with Gasteiger partial charge in [0.1, 0.15) is 0 Å². The molecule has 0 aliphatic heterocycles. The number of hydrogen-bond donors (Lipinski definition) is 2. The van der Waals surface area contributed by atoms with E-state index in [-0.39, 0.29) is 27.9 Å². The molecule has 1 saturated carbocycles. The monoisotopic (exact) mass is 286 g/mol. The molecule has 0 amide bonds. The fourth-order valence-electron chi connectivity index (χ4n) is 3.33. The summed E-state index contributed by atoms with van der Waals surface area (Å²) in [5.41, 5.74) is 5.60. The first-order valence-electron chi connectivity index (χ1n) is 6.27. The van der Waals surface area contributed by atoms with Gasteiger partial charge in [0, 0.05) is 19.1 Å². The minimum atomic E-state index is -3.58. The first-order chi connectivity index (χ1) is 8.51. The number of aromatic nitrogens is 2. The number of nitrogens with one attached hydrogen (secondary N) is 1. The molecule has 0 aromatic carbocycles. The molecule has 0 saturated heterocycles. The van der Waals surface area contributed by atoms with Gasteiger partial charge < -0.3 is 5.73 Å². The van der Waals surface area contributed by atoms with Crippen LogP contribution in [-0.4, -0.2) is 30.3 Å². The van der Waals surface area contributed by atoms with Crippen LogP contribution in [0, 0.1) is 10.8 Å². The third-order valence-corrected chi connectivity index (χ3v) is 5.91. The number of rotatable bonds is 3. The predicted octanol–water partition coefficient (Wildman–Crippen LogP) is 0.460. The Kier molecular flexibility index (Phi) is 3.08. The largest absolute Gasteiger partial charge is 0.327 e. The third kappa shape index (κ3) is 2.00. The zero-order chi connectivity index (χ0) is 14.6. The summed E-state index contributed by atoms with van der Waals surface area (Å²) in [6.07, 6.45) is 1.47. The predicted molar refractivity (Wildman–Crippen MR) is 72.9 cm³/mol. The van der Waals surface area contributed by atoms with Gasteiger partial charge in [-0.15, -0.1) is 0 Å². The van der Waals surface area contributed by atoms with E-state index in [2.05, 4.69) is 9.82 Å². The molecule has 0 unspecified atom stereocenters. The summed E-state index contributed by atoms with van der Waals surface area (Å²) in [6, 6.07) is 1.25. The molecule has 108 valence electrons. The highest BCUT2D eigenvalue weighted by molar-refractivity contribution is 7.89. The van der Waals surface area contributed by atoms with Crippen LogP contribution in [0.3, 0.4) is 0 Å². The van der Waals surface area contributed by atoms with Crippen molar-refractivity contribution < 1.29 is 8.42 Å². The van der Waals surface area contributed by atoms with Crippen LogP contribution in [0.5, 0.6) is 0 Å². The summed E-state index contributed by atoms with van der Waals surface area (Å²) in [5, 5.41) is 4.06. The first-order valence-corrected chi connectivity index (χ1v) is 7.75. The lowest BCUT2D eigenvalue weighted by atomic mass is 9.49. The Hall–Kier alpha value is -0.920. The van der Waals surface area contributed by atoms with E-state index in [0.29, 0.717) is 0 Å². The SMILES string of the molecule is Cn1nccc1S(=O)(=O)NC1C(C)(C)C(N)C1(C)C. The van der Waals surface area contributed by atoms with Crippen LogP contribution in [-0.2, 0) is 17.1 Å². The topological polar surface area (TPSA) is 90.0 Å². The van der Waals surface area contributed by atoms with Crippen molar-refractivity contribution in [3.05, 3.63) is 12.3 Å². The molecule has 0 radical (unpaired) electrons. The summed E-state index contributed by atoms with van der Waals surface area (Å²) in [4.78, 5) is 0. The van der Waals surface area contributed by atoms with Gasteiger partial charge in [-0.1, -0.05) is 27.7 Å². The summed E-state index contributed by atoms with van der Waals surface area (Å²) in [7, 11) is -1.97. The van der Waals surface area contributed by atoms with E-state index >= 15 is 0 Å². The maximum Gasteiger partial charge on any atom is 0.257 e. The molecule has 2 rings (SSSR count). The highest BCUT2D eigenvalue weighted by atomic mass is 32.2. The van der Waals surface area contributed by atoms with E-state index < -0.39 is 10.0 Å². The summed E-state index contributed by atoms with van der Waals surface area (Å²) in [5.74, 6) is 0. The summed E-state index contributed by atoms with van der Waals surface area (Å²) >= 11 is 0. The Morgan fingerprint density at radius 3 is 2.26 bits per heavy atom. The highest BCUT2D eigenvalue weighted by Crippen LogP contribution is 2.52. The van der Waals surface area contributed by atoms with Gasteiger partial charge in [0.15, 0.2) is 5.03 Å². The van der Waals surface area contributed by atoms with Crippen molar-refractivity contribution in [3.8, 4) is 0 Å². The van der Waals surface area contributed by atoms with Crippen molar-refractivity contribution >= 4 is 10.0 Å². The molecule has 3 N–H and O–H groups in total. The lowest BCUT2D eigenvalue weighted by Gasteiger charge is -2.62. The van der Waals surface area contributed by atoms with E-state index in [1.165, 1.54) is 16.9 Å². The van der Waals surface area contributed by atoms with Gasteiger partial charge in [-0.2, -0.15) is 5.10 Å². The quantitative estimate of drug-likeness (QED) is 0.844. The first kappa shape index (κ1) is 14.5. The van der Waals surface area contributed by atoms with Crippen molar-refractivity contribution in [2.75, 3.05) is 0 Å². The van der Waals surface area contributed by atoms with Gasteiger partial charge in [0.05, 0.1) is 6.20 Å². The molecule has 1 aromatic rings. The van der Waals surface area contributed by atoms with Crippen molar-refractivity contribution in [2.45, 2.75) is 44.8 Å². The van der Waals surface area contributed by atoms with Crippen molar-refractivity contribution in [1.29, 1.82) is 0 Å². The lowest BCUT2D eigenvalue weighted by Crippen LogP contribution is -2.76. The normalized spacial score (nSPS) is 28.9. The Bertz CT molecular complexity index is 573. The second-order valence-electron chi connectivity index (χ2n) is 6.47. The van der Waals surface area contributed by atoms with E-state index in [0.717, 1.165) is 0 Å². The molecule has 1 aliphatic rings. The van der Waals surface area contributed by atoms with E-state index in [4.69, 9.17) is 5.73 Å². The second-order valence-corrected chi connectivity index (χ2v) is 8.13. The zero-order valence-corrected chi connectivity index (χ0v) is 12.8. The van der Waals surface area contributed by atoms with Gasteiger partial charge in [-0.05, 0) is 16.9 Å². The van der Waals surface area contributed by atoms with Crippen LogP contribution < -0.4 is 10.5 Å². The van der Waals surface area contributed by atoms with Crippen LogP contribution in [0.4, 0.5) is 0 Å². The van der Waals surface area contributed by atoms with E-state index in [9.17, 15) is 8.42 Å². The molecule has 19 heavy (non-hydrogen) atoms. The molecular weight excluding hydrogens is 264 g/mol. The number of nitrogens with two attached hydrogens (primary N) is 1. The fourth-order valence-corrected chi connectivity index (χ4v) is 5.00. The molecule has 1 heterocycles. The smallest absolute Gasteiger partial charge is 0.257 e. The van der Waals surface area contributed by atoms with E-state index in [1.807, 2.05) is 27.7 Å². The maximum atomic E-state index is 12.4. The molecule has 1 aliphatic carbocycles. The van der Waals surface area contributed by atoms with Gasteiger partial charge >= 0.3 is 0 Å². The average molecular weight is 286 g/mol. The van der Waals surface area contributed by atoms with Crippen LogP contribution in [0.15, 0.2) is 17.3 Å². The van der Waals surface area contributed by atoms with Crippen molar-refractivity contribution in [2.24, 2.45) is 23.6 Å². The fraction of sp³-hybridized carbons (Fsp3) is 0.750. The van der Waals surface area contributed by atoms with Gasteiger partial charge in [-0.3, -0.25) is 4.68 Å². The number of hydrogen-bond acceptors (Lipinski definition) is 4. The number of aryl methyl sites for hydroxylation is 1. The molecular formula is C12H22N4O2S. The van der Waals surface area contributed by atoms with Crippen LogP contribution in [0.1, 0.15) is 27.7 Å².